The van der Waals surface area contributed by atoms with Gasteiger partial charge in [-0.15, -0.1) is 0 Å². The third kappa shape index (κ3) is 2.31. The second kappa shape index (κ2) is 6.01. The summed E-state index contributed by atoms with van der Waals surface area (Å²) >= 11 is 0. The fraction of sp³-hybridized carbons (Fsp3) is 0.667. The summed E-state index contributed by atoms with van der Waals surface area (Å²) in [4.78, 5) is 2.41. The summed E-state index contributed by atoms with van der Waals surface area (Å²) in [5.74, 6) is 0.808. The predicted octanol–water partition coefficient (Wildman–Crippen LogP) is 3.06. The molecule has 6 nitrogen and oxygen atoms in total. The van der Waals surface area contributed by atoms with Crippen molar-refractivity contribution >= 4 is 11.0 Å². The standard InChI is InChI=1S/C18H25N3O3/c1-3-18(4-2)17(22)16(21-8-6-5-7-9-21)12-10-13-14(20-24-19-13)11-15(12)23-18/h10-11,16-17,22H,3-9H2,1-2H3. The van der Waals surface area contributed by atoms with Crippen LogP contribution in [0, 0.1) is 0 Å². The molecule has 0 spiro atoms. The highest BCUT2D eigenvalue weighted by Crippen LogP contribution is 2.47. The first-order chi connectivity index (χ1) is 11.7. The normalized spacial score (nSPS) is 27.0. The van der Waals surface area contributed by atoms with E-state index in [1.165, 1.54) is 19.3 Å². The van der Waals surface area contributed by atoms with Crippen LogP contribution in [-0.4, -0.2) is 45.1 Å². The smallest absolute Gasteiger partial charge is 0.138 e. The zero-order chi connectivity index (χ0) is 16.7. The maximum atomic E-state index is 11.3. The molecule has 2 aliphatic rings. The molecular formula is C18H25N3O3. The third-order valence-electron chi connectivity index (χ3n) is 5.84. The Morgan fingerprint density at radius 3 is 2.46 bits per heavy atom. The van der Waals surface area contributed by atoms with Crippen molar-refractivity contribution in [2.24, 2.45) is 0 Å². The topological polar surface area (TPSA) is 71.6 Å². The number of likely N-dealkylation sites (tertiary alicyclic amines) is 1. The molecule has 3 heterocycles. The monoisotopic (exact) mass is 331 g/mol. The van der Waals surface area contributed by atoms with Crippen molar-refractivity contribution in [1.29, 1.82) is 0 Å². The van der Waals surface area contributed by atoms with E-state index in [-0.39, 0.29) is 6.04 Å². The van der Waals surface area contributed by atoms with Crippen LogP contribution in [0.25, 0.3) is 11.0 Å². The van der Waals surface area contributed by atoms with Crippen LogP contribution in [0.2, 0.25) is 0 Å². The van der Waals surface area contributed by atoms with Crippen molar-refractivity contribution in [1.82, 2.24) is 15.2 Å². The maximum absolute atomic E-state index is 11.3. The SMILES string of the molecule is CCC1(CC)Oc2cc3nonc3cc2C(N2CCCCC2)C1O. The highest BCUT2D eigenvalue weighted by molar-refractivity contribution is 5.77. The van der Waals surface area contributed by atoms with E-state index in [9.17, 15) is 5.11 Å². The van der Waals surface area contributed by atoms with Crippen molar-refractivity contribution in [2.75, 3.05) is 13.1 Å². The molecule has 1 saturated heterocycles. The lowest BCUT2D eigenvalue weighted by Crippen LogP contribution is -2.57. The minimum Gasteiger partial charge on any atom is -0.484 e. The van der Waals surface area contributed by atoms with Crippen LogP contribution in [0.4, 0.5) is 0 Å². The van der Waals surface area contributed by atoms with Crippen LogP contribution in [0.1, 0.15) is 57.6 Å². The Morgan fingerprint density at radius 1 is 1.12 bits per heavy atom. The van der Waals surface area contributed by atoms with Crippen LogP contribution >= 0.6 is 0 Å². The van der Waals surface area contributed by atoms with Crippen LogP contribution in [0.3, 0.4) is 0 Å². The van der Waals surface area contributed by atoms with E-state index >= 15 is 0 Å². The van der Waals surface area contributed by atoms with Crippen molar-refractivity contribution in [3.8, 4) is 5.75 Å². The molecule has 1 aromatic heterocycles. The molecule has 0 amide bonds. The van der Waals surface area contributed by atoms with Gasteiger partial charge in [0, 0.05) is 11.6 Å². The number of benzene rings is 1. The quantitative estimate of drug-likeness (QED) is 0.932. The molecule has 0 radical (unpaired) electrons. The lowest BCUT2D eigenvalue weighted by molar-refractivity contribution is -0.118. The molecule has 0 aliphatic carbocycles. The van der Waals surface area contributed by atoms with E-state index < -0.39 is 11.7 Å². The van der Waals surface area contributed by atoms with E-state index in [1.807, 2.05) is 12.1 Å². The summed E-state index contributed by atoms with van der Waals surface area (Å²) in [6.07, 6.45) is 4.60. The summed E-state index contributed by atoms with van der Waals surface area (Å²) in [7, 11) is 0. The van der Waals surface area contributed by atoms with Crippen LogP contribution in [0.5, 0.6) is 5.75 Å². The van der Waals surface area contributed by atoms with Crippen molar-refractivity contribution < 1.29 is 14.5 Å². The largest absolute Gasteiger partial charge is 0.484 e. The molecule has 2 unspecified atom stereocenters. The molecule has 2 aliphatic heterocycles. The fourth-order valence-electron chi connectivity index (χ4n) is 4.29. The number of aliphatic hydroxyl groups excluding tert-OH is 1. The van der Waals surface area contributed by atoms with Gasteiger partial charge in [0.25, 0.3) is 0 Å². The summed E-state index contributed by atoms with van der Waals surface area (Å²) in [6.45, 7) is 6.20. The van der Waals surface area contributed by atoms with Gasteiger partial charge in [-0.2, -0.15) is 0 Å². The number of aliphatic hydroxyl groups is 1. The Morgan fingerprint density at radius 2 is 1.79 bits per heavy atom. The van der Waals surface area contributed by atoms with E-state index in [2.05, 4.69) is 29.1 Å². The van der Waals surface area contributed by atoms with Gasteiger partial charge in [-0.1, -0.05) is 20.3 Å². The van der Waals surface area contributed by atoms with E-state index in [4.69, 9.17) is 9.37 Å². The molecule has 1 fully saturated rings. The molecule has 4 rings (SSSR count). The number of hydrogen-bond acceptors (Lipinski definition) is 6. The predicted molar refractivity (Wildman–Crippen MR) is 89.9 cm³/mol. The number of ether oxygens (including phenoxy) is 1. The number of hydrogen-bond donors (Lipinski definition) is 1. The maximum Gasteiger partial charge on any atom is 0.138 e. The highest BCUT2D eigenvalue weighted by atomic mass is 16.6. The molecule has 1 aromatic carbocycles. The first-order valence-electron chi connectivity index (χ1n) is 9.06. The molecule has 130 valence electrons. The summed E-state index contributed by atoms with van der Waals surface area (Å²) in [5.41, 5.74) is 1.86. The average molecular weight is 331 g/mol. The van der Waals surface area contributed by atoms with E-state index in [0.29, 0.717) is 11.0 Å². The summed E-state index contributed by atoms with van der Waals surface area (Å²) in [6, 6.07) is 3.82. The van der Waals surface area contributed by atoms with Gasteiger partial charge in [-0.3, -0.25) is 4.90 Å². The number of aromatic nitrogens is 2. The van der Waals surface area contributed by atoms with Gasteiger partial charge in [0.1, 0.15) is 28.5 Å². The molecule has 0 saturated carbocycles. The van der Waals surface area contributed by atoms with Gasteiger partial charge in [0.05, 0.1) is 6.04 Å². The average Bonchev–Trinajstić information content (AvgIpc) is 3.07. The number of piperidine rings is 1. The van der Waals surface area contributed by atoms with Gasteiger partial charge in [0.2, 0.25) is 0 Å². The molecule has 1 N–H and O–H groups in total. The van der Waals surface area contributed by atoms with Crippen LogP contribution < -0.4 is 4.74 Å². The molecule has 0 bridgehead atoms. The first kappa shape index (κ1) is 15.8. The zero-order valence-corrected chi connectivity index (χ0v) is 14.4. The van der Waals surface area contributed by atoms with Gasteiger partial charge in [0.15, 0.2) is 0 Å². The lowest BCUT2D eigenvalue weighted by Gasteiger charge is -2.49. The zero-order valence-electron chi connectivity index (χ0n) is 14.4. The fourth-order valence-corrected chi connectivity index (χ4v) is 4.29. The Hall–Kier alpha value is -1.66. The van der Waals surface area contributed by atoms with Gasteiger partial charge in [-0.05, 0) is 55.2 Å². The number of nitrogens with zero attached hydrogens (tertiary/aromatic N) is 3. The van der Waals surface area contributed by atoms with Crippen LogP contribution in [0.15, 0.2) is 16.8 Å². The minimum absolute atomic E-state index is 0.0601. The lowest BCUT2D eigenvalue weighted by atomic mass is 9.79. The Labute approximate surface area is 141 Å². The van der Waals surface area contributed by atoms with Crippen molar-refractivity contribution in [3.05, 3.63) is 17.7 Å². The van der Waals surface area contributed by atoms with Crippen LogP contribution in [-0.2, 0) is 0 Å². The second-order valence-electron chi connectivity index (χ2n) is 7.00. The number of fused-ring (bicyclic) bond motifs is 2. The van der Waals surface area contributed by atoms with Gasteiger partial charge in [-0.25, -0.2) is 4.63 Å². The Balaban J connectivity index is 1.85. The van der Waals surface area contributed by atoms with E-state index in [1.54, 1.807) is 0 Å². The Bertz CT molecular complexity index is 719. The van der Waals surface area contributed by atoms with Gasteiger partial charge < -0.3 is 9.84 Å². The van der Waals surface area contributed by atoms with Gasteiger partial charge >= 0.3 is 0 Å². The van der Waals surface area contributed by atoms with Crippen molar-refractivity contribution in [3.63, 3.8) is 0 Å². The second-order valence-corrected chi connectivity index (χ2v) is 7.00. The third-order valence-corrected chi connectivity index (χ3v) is 5.84. The van der Waals surface area contributed by atoms with Crippen molar-refractivity contribution in [2.45, 2.75) is 63.7 Å². The molecule has 2 aromatic rings. The Kier molecular flexibility index (Phi) is 3.96. The number of rotatable bonds is 3. The summed E-state index contributed by atoms with van der Waals surface area (Å²) < 4.78 is 11.2. The minimum atomic E-state index is -0.560. The first-order valence-corrected chi connectivity index (χ1v) is 9.06. The van der Waals surface area contributed by atoms with E-state index in [0.717, 1.165) is 37.2 Å². The molecule has 6 heteroatoms. The highest BCUT2D eigenvalue weighted by Gasteiger charge is 2.49. The summed E-state index contributed by atoms with van der Waals surface area (Å²) in [5, 5.41) is 19.2. The molecule has 2 atom stereocenters. The molecular weight excluding hydrogens is 306 g/mol. The molecule has 24 heavy (non-hydrogen) atoms.